The van der Waals surface area contributed by atoms with Crippen molar-refractivity contribution < 1.29 is 23.0 Å². The van der Waals surface area contributed by atoms with Crippen molar-refractivity contribution in [3.8, 4) is 22.8 Å². The Balaban J connectivity index is 2.25. The van der Waals surface area contributed by atoms with Crippen molar-refractivity contribution in [3.05, 3.63) is 36.4 Å². The Kier molecular flexibility index (Phi) is 3.20. The number of anilines is 1. The molecule has 0 aliphatic carbocycles. The van der Waals surface area contributed by atoms with Crippen molar-refractivity contribution in [2.24, 2.45) is 0 Å². The molecule has 0 bridgehead atoms. The van der Waals surface area contributed by atoms with Crippen LogP contribution in [0, 0.1) is 0 Å². The molecule has 2 rings (SSSR count). The van der Waals surface area contributed by atoms with E-state index in [2.05, 4.69) is 9.72 Å². The Labute approximate surface area is 106 Å². The molecule has 7 heteroatoms. The Morgan fingerprint density at radius 1 is 1.05 bits per heavy atom. The number of aromatic hydroxyl groups is 1. The SMILES string of the molecule is Nc1nc(-c2ccc(OC(F)(F)F)cc2)ccc1O. The van der Waals surface area contributed by atoms with Gasteiger partial charge < -0.3 is 15.6 Å². The smallest absolute Gasteiger partial charge is 0.504 e. The maximum Gasteiger partial charge on any atom is 0.573 e. The van der Waals surface area contributed by atoms with Crippen LogP contribution < -0.4 is 10.5 Å². The number of nitrogens with zero attached hydrogens (tertiary/aromatic N) is 1. The average molecular weight is 270 g/mol. The van der Waals surface area contributed by atoms with Gasteiger partial charge in [0.15, 0.2) is 11.6 Å². The largest absolute Gasteiger partial charge is 0.573 e. The van der Waals surface area contributed by atoms with Crippen molar-refractivity contribution in [1.82, 2.24) is 4.98 Å². The summed E-state index contributed by atoms with van der Waals surface area (Å²) in [7, 11) is 0. The number of hydrogen-bond acceptors (Lipinski definition) is 4. The standard InChI is InChI=1S/C12H9F3N2O2/c13-12(14,15)19-8-3-1-7(2-4-8)9-5-6-10(18)11(16)17-9/h1-6,18H,(H2,16,17). The number of benzene rings is 1. The van der Waals surface area contributed by atoms with E-state index < -0.39 is 6.36 Å². The van der Waals surface area contributed by atoms with Gasteiger partial charge in [-0.3, -0.25) is 0 Å². The van der Waals surface area contributed by atoms with E-state index in [1.165, 1.54) is 36.4 Å². The first kappa shape index (κ1) is 13.0. The Morgan fingerprint density at radius 3 is 2.21 bits per heavy atom. The molecular formula is C12H9F3N2O2. The van der Waals surface area contributed by atoms with Crippen molar-refractivity contribution in [2.75, 3.05) is 5.73 Å². The molecule has 0 unspecified atom stereocenters. The lowest BCUT2D eigenvalue weighted by Gasteiger charge is -2.09. The van der Waals surface area contributed by atoms with Crippen LogP contribution in [0.2, 0.25) is 0 Å². The van der Waals surface area contributed by atoms with E-state index in [1.807, 2.05) is 0 Å². The quantitative estimate of drug-likeness (QED) is 0.880. The first-order valence-corrected chi connectivity index (χ1v) is 5.17. The third kappa shape index (κ3) is 3.27. The van der Waals surface area contributed by atoms with Gasteiger partial charge in [0.1, 0.15) is 5.75 Å². The fourth-order valence-corrected chi connectivity index (χ4v) is 1.46. The van der Waals surface area contributed by atoms with E-state index in [0.717, 1.165) is 0 Å². The number of ether oxygens (including phenoxy) is 1. The topological polar surface area (TPSA) is 68.4 Å². The van der Waals surface area contributed by atoms with Crippen LogP contribution in [0.1, 0.15) is 0 Å². The fourth-order valence-electron chi connectivity index (χ4n) is 1.46. The van der Waals surface area contributed by atoms with Gasteiger partial charge in [-0.1, -0.05) is 0 Å². The van der Waals surface area contributed by atoms with Crippen LogP contribution in [-0.2, 0) is 0 Å². The van der Waals surface area contributed by atoms with Crippen LogP contribution in [0.3, 0.4) is 0 Å². The highest BCUT2D eigenvalue weighted by molar-refractivity contribution is 5.63. The van der Waals surface area contributed by atoms with E-state index in [-0.39, 0.29) is 17.3 Å². The Morgan fingerprint density at radius 2 is 1.68 bits per heavy atom. The third-order valence-electron chi connectivity index (χ3n) is 2.29. The normalized spacial score (nSPS) is 11.3. The minimum atomic E-state index is -4.72. The number of halogens is 3. The summed E-state index contributed by atoms with van der Waals surface area (Å²) in [6.45, 7) is 0. The van der Waals surface area contributed by atoms with Crippen molar-refractivity contribution in [1.29, 1.82) is 0 Å². The second-order valence-electron chi connectivity index (χ2n) is 3.67. The van der Waals surface area contributed by atoms with Crippen LogP contribution in [-0.4, -0.2) is 16.5 Å². The summed E-state index contributed by atoms with van der Waals surface area (Å²) in [5, 5.41) is 9.23. The summed E-state index contributed by atoms with van der Waals surface area (Å²) < 4.78 is 39.7. The second-order valence-corrected chi connectivity index (χ2v) is 3.67. The van der Waals surface area contributed by atoms with Crippen molar-refractivity contribution >= 4 is 5.82 Å². The monoisotopic (exact) mass is 270 g/mol. The molecule has 1 heterocycles. The van der Waals surface area contributed by atoms with Crippen LogP contribution in [0.4, 0.5) is 19.0 Å². The Hall–Kier alpha value is -2.44. The molecule has 1 aromatic heterocycles. The molecule has 2 aromatic rings. The van der Waals surface area contributed by atoms with Gasteiger partial charge in [0.2, 0.25) is 0 Å². The van der Waals surface area contributed by atoms with E-state index in [4.69, 9.17) is 5.73 Å². The lowest BCUT2D eigenvalue weighted by Crippen LogP contribution is -2.16. The molecule has 0 radical (unpaired) electrons. The molecule has 0 aliphatic rings. The van der Waals surface area contributed by atoms with Crippen LogP contribution in [0.15, 0.2) is 36.4 Å². The molecule has 0 saturated carbocycles. The lowest BCUT2D eigenvalue weighted by atomic mass is 10.1. The maximum absolute atomic E-state index is 12.0. The molecule has 19 heavy (non-hydrogen) atoms. The fraction of sp³-hybridized carbons (Fsp3) is 0.0833. The average Bonchev–Trinajstić information content (AvgIpc) is 2.32. The zero-order chi connectivity index (χ0) is 14.0. The molecule has 1 aromatic carbocycles. The highest BCUT2D eigenvalue weighted by Gasteiger charge is 2.30. The van der Waals surface area contributed by atoms with Gasteiger partial charge in [-0.25, -0.2) is 4.98 Å². The minimum absolute atomic E-state index is 0.0480. The Bertz CT molecular complexity index is 583. The molecule has 100 valence electrons. The highest BCUT2D eigenvalue weighted by Crippen LogP contribution is 2.27. The van der Waals surface area contributed by atoms with Gasteiger partial charge in [0, 0.05) is 5.56 Å². The first-order chi connectivity index (χ1) is 8.85. The molecule has 0 spiro atoms. The molecule has 0 saturated heterocycles. The molecule has 0 aliphatic heterocycles. The summed E-state index contributed by atoms with van der Waals surface area (Å²) in [5.74, 6) is -0.517. The lowest BCUT2D eigenvalue weighted by molar-refractivity contribution is -0.274. The number of pyridine rings is 1. The summed E-state index contributed by atoms with van der Waals surface area (Å²) in [5.41, 5.74) is 6.43. The van der Waals surface area contributed by atoms with Gasteiger partial charge in [0.25, 0.3) is 0 Å². The van der Waals surface area contributed by atoms with E-state index in [9.17, 15) is 18.3 Å². The summed E-state index contributed by atoms with van der Waals surface area (Å²) >= 11 is 0. The van der Waals surface area contributed by atoms with Gasteiger partial charge >= 0.3 is 6.36 Å². The zero-order valence-corrected chi connectivity index (χ0v) is 9.48. The van der Waals surface area contributed by atoms with E-state index >= 15 is 0 Å². The van der Waals surface area contributed by atoms with E-state index in [0.29, 0.717) is 11.3 Å². The number of hydrogen-bond donors (Lipinski definition) is 2. The third-order valence-corrected chi connectivity index (χ3v) is 2.29. The van der Waals surface area contributed by atoms with Crippen LogP contribution >= 0.6 is 0 Å². The minimum Gasteiger partial charge on any atom is -0.504 e. The van der Waals surface area contributed by atoms with Crippen molar-refractivity contribution in [3.63, 3.8) is 0 Å². The maximum atomic E-state index is 12.0. The number of nitrogen functional groups attached to an aromatic ring is 1. The van der Waals surface area contributed by atoms with Crippen LogP contribution in [0.25, 0.3) is 11.3 Å². The van der Waals surface area contributed by atoms with Crippen LogP contribution in [0.5, 0.6) is 11.5 Å². The predicted octanol–water partition coefficient (Wildman–Crippen LogP) is 2.94. The summed E-state index contributed by atoms with van der Waals surface area (Å²) in [6, 6.07) is 8.05. The van der Waals surface area contributed by atoms with Gasteiger partial charge in [-0.2, -0.15) is 0 Å². The molecule has 0 amide bonds. The van der Waals surface area contributed by atoms with Gasteiger partial charge in [-0.15, -0.1) is 13.2 Å². The number of rotatable bonds is 2. The predicted molar refractivity (Wildman–Crippen MR) is 62.4 cm³/mol. The van der Waals surface area contributed by atoms with E-state index in [1.54, 1.807) is 0 Å². The number of alkyl halides is 3. The summed E-state index contributed by atoms with van der Waals surface area (Å²) in [6.07, 6.45) is -4.72. The zero-order valence-electron chi connectivity index (χ0n) is 9.48. The number of nitrogens with two attached hydrogens (primary N) is 1. The van der Waals surface area contributed by atoms with Gasteiger partial charge in [-0.05, 0) is 36.4 Å². The highest BCUT2D eigenvalue weighted by atomic mass is 19.4. The molecule has 0 fully saturated rings. The number of aromatic nitrogens is 1. The molecule has 0 atom stereocenters. The molecule has 4 nitrogen and oxygen atoms in total. The first-order valence-electron chi connectivity index (χ1n) is 5.17. The van der Waals surface area contributed by atoms with Crippen molar-refractivity contribution in [2.45, 2.75) is 6.36 Å². The van der Waals surface area contributed by atoms with Gasteiger partial charge in [0.05, 0.1) is 5.69 Å². The molecule has 3 N–H and O–H groups in total. The molecular weight excluding hydrogens is 261 g/mol. The summed E-state index contributed by atoms with van der Waals surface area (Å²) in [4.78, 5) is 3.91. The second kappa shape index (κ2) is 4.68.